The second kappa shape index (κ2) is 7.04. The van der Waals surface area contributed by atoms with Crippen molar-refractivity contribution in [3.8, 4) is 5.75 Å². The molecule has 5 rings (SSSR count). The van der Waals surface area contributed by atoms with Crippen LogP contribution in [0.15, 0.2) is 18.2 Å². The van der Waals surface area contributed by atoms with Crippen molar-refractivity contribution >= 4 is 29.1 Å². The molecule has 4 aliphatic rings. The number of carbonyl (C=O) groups is 3. The first-order valence-corrected chi connectivity index (χ1v) is 10.3. The van der Waals surface area contributed by atoms with Crippen molar-refractivity contribution in [2.24, 2.45) is 17.3 Å². The lowest BCUT2D eigenvalue weighted by Crippen LogP contribution is -2.65. The molecule has 29 heavy (non-hydrogen) atoms. The average Bonchev–Trinajstić information content (AvgIpc) is 2.59. The minimum absolute atomic E-state index is 0.0143. The van der Waals surface area contributed by atoms with E-state index in [1.54, 1.807) is 32.2 Å². The number of carbonyl (C=O) groups excluding carboxylic acids is 3. The molecule has 4 bridgehead atoms. The number of ether oxygens (including phenoxy) is 1. The molecule has 7 heteroatoms. The summed E-state index contributed by atoms with van der Waals surface area (Å²) in [6, 6.07) is 5.20. The van der Waals surface area contributed by atoms with Crippen molar-refractivity contribution in [2.45, 2.75) is 57.9 Å². The van der Waals surface area contributed by atoms with Crippen LogP contribution in [0.5, 0.6) is 5.75 Å². The third-order valence-electron chi connectivity index (χ3n) is 6.75. The highest BCUT2D eigenvalue weighted by atomic mass is 16.5. The molecule has 0 saturated heterocycles. The number of hydrogen-bond acceptors (Lipinski definition) is 4. The number of anilines is 2. The molecular formula is C22H29N3O4. The zero-order valence-electron chi connectivity index (χ0n) is 17.3. The largest absolute Gasteiger partial charge is 0.495 e. The van der Waals surface area contributed by atoms with Gasteiger partial charge < -0.3 is 20.7 Å². The summed E-state index contributed by atoms with van der Waals surface area (Å²) in [5.74, 6) is 1.29. The van der Waals surface area contributed by atoms with Gasteiger partial charge in [0.05, 0.1) is 18.2 Å². The first kappa shape index (κ1) is 19.7. The molecule has 4 fully saturated rings. The van der Waals surface area contributed by atoms with Crippen molar-refractivity contribution < 1.29 is 19.1 Å². The maximum atomic E-state index is 13.5. The predicted molar refractivity (Wildman–Crippen MR) is 110 cm³/mol. The van der Waals surface area contributed by atoms with Crippen molar-refractivity contribution in [2.75, 3.05) is 17.7 Å². The van der Waals surface area contributed by atoms with Crippen LogP contribution in [0, 0.1) is 17.3 Å². The molecule has 4 saturated carbocycles. The highest BCUT2D eigenvalue weighted by Gasteiger charge is 2.60. The Balaban J connectivity index is 1.60. The van der Waals surface area contributed by atoms with Gasteiger partial charge in [0, 0.05) is 25.1 Å². The van der Waals surface area contributed by atoms with Gasteiger partial charge in [0.25, 0.3) is 0 Å². The first-order valence-electron chi connectivity index (χ1n) is 10.3. The van der Waals surface area contributed by atoms with E-state index in [0.717, 1.165) is 32.1 Å². The van der Waals surface area contributed by atoms with E-state index in [-0.39, 0.29) is 23.3 Å². The lowest BCUT2D eigenvalue weighted by Gasteiger charge is -2.61. The molecule has 3 amide bonds. The molecule has 7 nitrogen and oxygen atoms in total. The number of methoxy groups -OCH3 is 1. The fourth-order valence-corrected chi connectivity index (χ4v) is 6.39. The molecule has 2 unspecified atom stereocenters. The molecule has 0 spiro atoms. The molecule has 4 aliphatic carbocycles. The Morgan fingerprint density at radius 3 is 2.28 bits per heavy atom. The normalized spacial score (nSPS) is 31.8. The van der Waals surface area contributed by atoms with Gasteiger partial charge in [0.2, 0.25) is 17.7 Å². The molecule has 0 aromatic heterocycles. The summed E-state index contributed by atoms with van der Waals surface area (Å²) >= 11 is 0. The van der Waals surface area contributed by atoms with Crippen molar-refractivity contribution in [3.05, 3.63) is 18.2 Å². The lowest BCUT2D eigenvalue weighted by molar-refractivity contribution is -0.148. The Labute approximate surface area is 171 Å². The van der Waals surface area contributed by atoms with E-state index in [1.165, 1.54) is 6.92 Å². The number of rotatable bonds is 5. The Morgan fingerprint density at radius 1 is 1.00 bits per heavy atom. The van der Waals surface area contributed by atoms with E-state index in [1.807, 2.05) is 0 Å². The van der Waals surface area contributed by atoms with Gasteiger partial charge in [-0.3, -0.25) is 14.4 Å². The van der Waals surface area contributed by atoms with Gasteiger partial charge in [0.1, 0.15) is 5.75 Å². The van der Waals surface area contributed by atoms with E-state index in [9.17, 15) is 14.4 Å². The average molecular weight is 399 g/mol. The number of hydrogen-bond donors (Lipinski definition) is 3. The molecule has 1 aromatic carbocycles. The quantitative estimate of drug-likeness (QED) is 0.709. The monoisotopic (exact) mass is 399 g/mol. The van der Waals surface area contributed by atoms with Crippen molar-refractivity contribution in [3.63, 3.8) is 0 Å². The molecule has 0 heterocycles. The van der Waals surface area contributed by atoms with Crippen LogP contribution in [0.4, 0.5) is 11.4 Å². The van der Waals surface area contributed by atoms with Crippen LogP contribution in [0.2, 0.25) is 0 Å². The van der Waals surface area contributed by atoms with Crippen LogP contribution in [-0.2, 0) is 14.4 Å². The van der Waals surface area contributed by atoms with E-state index >= 15 is 0 Å². The van der Waals surface area contributed by atoms with Gasteiger partial charge in [-0.15, -0.1) is 0 Å². The molecule has 1 aromatic rings. The van der Waals surface area contributed by atoms with Crippen LogP contribution in [0.3, 0.4) is 0 Å². The van der Waals surface area contributed by atoms with Crippen LogP contribution < -0.4 is 20.7 Å². The van der Waals surface area contributed by atoms with E-state index in [2.05, 4.69) is 16.0 Å². The maximum Gasteiger partial charge on any atom is 0.230 e. The summed E-state index contributed by atoms with van der Waals surface area (Å²) in [6.45, 7) is 3.00. The smallest absolute Gasteiger partial charge is 0.230 e. The van der Waals surface area contributed by atoms with E-state index < -0.39 is 5.41 Å². The predicted octanol–water partition coefficient (Wildman–Crippen LogP) is 3.07. The van der Waals surface area contributed by atoms with Gasteiger partial charge in [-0.25, -0.2) is 0 Å². The molecule has 0 radical (unpaired) electrons. The SMILES string of the molecule is COc1ccc(NC(C)=O)cc1NC(=O)C12CC3CC(CC(NC(C)=O)(C3)C1)C2. The number of amides is 3. The Hall–Kier alpha value is -2.57. The summed E-state index contributed by atoms with van der Waals surface area (Å²) in [7, 11) is 1.56. The Morgan fingerprint density at radius 2 is 1.69 bits per heavy atom. The highest BCUT2D eigenvalue weighted by Crippen LogP contribution is 2.62. The maximum absolute atomic E-state index is 13.5. The number of benzene rings is 1. The fourth-order valence-electron chi connectivity index (χ4n) is 6.39. The van der Waals surface area contributed by atoms with Crippen LogP contribution in [0.25, 0.3) is 0 Å². The van der Waals surface area contributed by atoms with Crippen molar-refractivity contribution in [1.29, 1.82) is 0 Å². The zero-order valence-corrected chi connectivity index (χ0v) is 17.3. The van der Waals surface area contributed by atoms with Gasteiger partial charge in [0.15, 0.2) is 0 Å². The second-order valence-electron chi connectivity index (χ2n) is 9.25. The van der Waals surface area contributed by atoms with Crippen LogP contribution in [0.1, 0.15) is 52.4 Å². The first-order chi connectivity index (χ1) is 13.7. The zero-order chi connectivity index (χ0) is 20.8. The summed E-state index contributed by atoms with van der Waals surface area (Å²) in [5, 5.41) is 9.01. The standard InChI is InChI=1S/C22H29N3O4/c1-13(26)23-17-4-5-19(29-3)18(7-17)24-20(28)21-8-15-6-16(9-21)11-22(10-15,12-21)25-14(2)27/h4-5,7,15-16H,6,8-12H2,1-3H3,(H,23,26)(H,24,28)(H,25,27). The van der Waals surface area contributed by atoms with Gasteiger partial charge in [-0.2, -0.15) is 0 Å². The minimum Gasteiger partial charge on any atom is -0.495 e. The summed E-state index contributed by atoms with van der Waals surface area (Å²) < 4.78 is 5.41. The Bertz CT molecular complexity index is 852. The van der Waals surface area contributed by atoms with E-state index in [0.29, 0.717) is 35.4 Å². The summed E-state index contributed by atoms with van der Waals surface area (Å²) in [6.07, 6.45) is 5.51. The fraction of sp³-hybridized carbons (Fsp3) is 0.591. The summed E-state index contributed by atoms with van der Waals surface area (Å²) in [5.41, 5.74) is 0.429. The third-order valence-corrected chi connectivity index (χ3v) is 6.75. The molecule has 3 N–H and O–H groups in total. The third kappa shape index (κ3) is 3.70. The number of nitrogens with one attached hydrogen (secondary N) is 3. The minimum atomic E-state index is -0.471. The topological polar surface area (TPSA) is 96.5 Å². The molecule has 156 valence electrons. The molecule has 2 atom stereocenters. The lowest BCUT2D eigenvalue weighted by atomic mass is 9.46. The molecular weight excluding hydrogens is 370 g/mol. The van der Waals surface area contributed by atoms with Gasteiger partial charge in [-0.05, 0) is 68.6 Å². The molecule has 0 aliphatic heterocycles. The second-order valence-corrected chi connectivity index (χ2v) is 9.25. The summed E-state index contributed by atoms with van der Waals surface area (Å²) in [4.78, 5) is 36.8. The highest BCUT2D eigenvalue weighted by molar-refractivity contribution is 5.98. The van der Waals surface area contributed by atoms with Crippen LogP contribution in [-0.4, -0.2) is 30.4 Å². The Kier molecular flexibility index (Phi) is 4.79. The van der Waals surface area contributed by atoms with Gasteiger partial charge >= 0.3 is 0 Å². The van der Waals surface area contributed by atoms with Gasteiger partial charge in [-0.1, -0.05) is 0 Å². The van der Waals surface area contributed by atoms with Crippen LogP contribution >= 0.6 is 0 Å². The van der Waals surface area contributed by atoms with E-state index in [4.69, 9.17) is 4.74 Å². The van der Waals surface area contributed by atoms with Crippen molar-refractivity contribution in [1.82, 2.24) is 5.32 Å².